The fraction of sp³-hybridized carbons (Fsp3) is 0.174. The maximum Gasteiger partial charge on any atom is 0.387 e. The second-order valence-electron chi connectivity index (χ2n) is 6.72. The van der Waals surface area contributed by atoms with Gasteiger partial charge in [0.1, 0.15) is 11.8 Å². The Balaban J connectivity index is 1.62. The first-order valence-electron chi connectivity index (χ1n) is 9.81. The topological polar surface area (TPSA) is 107 Å². The van der Waals surface area contributed by atoms with Crippen LogP contribution in [-0.2, 0) is 20.7 Å². The van der Waals surface area contributed by atoms with E-state index in [9.17, 15) is 23.2 Å². The number of ether oxygens (including phenoxy) is 2. The van der Waals surface area contributed by atoms with E-state index >= 15 is 0 Å². The number of alkyl halides is 2. The predicted octanol–water partition coefficient (Wildman–Crippen LogP) is 3.40. The van der Waals surface area contributed by atoms with E-state index in [0.29, 0.717) is 0 Å². The summed E-state index contributed by atoms with van der Waals surface area (Å²) in [5.74, 6) is -2.48. The predicted molar refractivity (Wildman–Crippen MR) is 113 cm³/mol. The summed E-state index contributed by atoms with van der Waals surface area (Å²) < 4.78 is 39.5. The van der Waals surface area contributed by atoms with Crippen LogP contribution in [0.1, 0.15) is 16.1 Å². The molecule has 0 aliphatic rings. The van der Waals surface area contributed by atoms with Gasteiger partial charge in [-0.3, -0.25) is 9.59 Å². The Bertz CT molecular complexity index is 1070. The van der Waals surface area contributed by atoms with Gasteiger partial charge >= 0.3 is 12.6 Å². The van der Waals surface area contributed by atoms with Crippen molar-refractivity contribution in [2.45, 2.75) is 19.1 Å². The summed E-state index contributed by atoms with van der Waals surface area (Å²) in [5.41, 5.74) is 0.743. The van der Waals surface area contributed by atoms with Crippen LogP contribution in [0.15, 0.2) is 77.4 Å². The highest BCUT2D eigenvalue weighted by Gasteiger charge is 2.25. The first kappa shape index (κ1) is 23.5. The van der Waals surface area contributed by atoms with Crippen molar-refractivity contribution in [3.8, 4) is 5.75 Å². The van der Waals surface area contributed by atoms with Crippen LogP contribution in [0.4, 0.5) is 14.5 Å². The maximum atomic E-state index is 12.7. The molecule has 2 aromatic carbocycles. The molecule has 0 radical (unpaired) electrons. The average molecular weight is 458 g/mol. The molecule has 2 amide bonds. The molecule has 0 spiro atoms. The molecule has 172 valence electrons. The third-order valence-corrected chi connectivity index (χ3v) is 4.34. The number of esters is 1. The molecule has 0 aliphatic heterocycles. The lowest BCUT2D eigenvalue weighted by molar-refractivity contribution is -0.149. The number of rotatable bonds is 10. The fourth-order valence-electron chi connectivity index (χ4n) is 2.87. The fourth-order valence-corrected chi connectivity index (χ4v) is 2.87. The van der Waals surface area contributed by atoms with Crippen molar-refractivity contribution in [1.82, 2.24) is 5.32 Å². The van der Waals surface area contributed by atoms with Crippen molar-refractivity contribution >= 4 is 23.5 Å². The van der Waals surface area contributed by atoms with E-state index in [2.05, 4.69) is 15.4 Å². The number of benzene rings is 2. The Labute approximate surface area is 187 Å². The van der Waals surface area contributed by atoms with Gasteiger partial charge in [-0.05, 0) is 29.8 Å². The van der Waals surface area contributed by atoms with E-state index in [-0.39, 0.29) is 23.6 Å². The summed E-state index contributed by atoms with van der Waals surface area (Å²) in [4.78, 5) is 37.2. The minimum atomic E-state index is -3.07. The van der Waals surface area contributed by atoms with E-state index < -0.39 is 37.0 Å². The lowest BCUT2D eigenvalue weighted by Crippen LogP contribution is -2.44. The van der Waals surface area contributed by atoms with Crippen LogP contribution >= 0.6 is 0 Å². The first-order valence-corrected chi connectivity index (χ1v) is 9.81. The molecule has 1 atom stereocenters. The SMILES string of the molecule is O=C(COC(=O)C(Cc1ccccc1)NC(=O)c1ccco1)Nc1ccccc1OC(F)F. The van der Waals surface area contributed by atoms with E-state index in [1.807, 2.05) is 0 Å². The minimum absolute atomic E-state index is 0.00851. The number of para-hydroxylation sites is 2. The van der Waals surface area contributed by atoms with E-state index in [4.69, 9.17) is 9.15 Å². The van der Waals surface area contributed by atoms with Crippen molar-refractivity contribution in [1.29, 1.82) is 0 Å². The number of hydrogen-bond donors (Lipinski definition) is 2. The largest absolute Gasteiger partial charge is 0.459 e. The highest BCUT2D eigenvalue weighted by Crippen LogP contribution is 2.25. The van der Waals surface area contributed by atoms with Gasteiger partial charge in [-0.25, -0.2) is 4.79 Å². The maximum absolute atomic E-state index is 12.7. The van der Waals surface area contributed by atoms with Crippen molar-refractivity contribution < 1.29 is 37.1 Å². The minimum Gasteiger partial charge on any atom is -0.459 e. The van der Waals surface area contributed by atoms with Crippen LogP contribution < -0.4 is 15.4 Å². The van der Waals surface area contributed by atoms with Gasteiger partial charge in [0.15, 0.2) is 12.4 Å². The van der Waals surface area contributed by atoms with Crippen LogP contribution in [-0.4, -0.2) is 37.0 Å². The lowest BCUT2D eigenvalue weighted by Gasteiger charge is -2.17. The summed E-state index contributed by atoms with van der Waals surface area (Å²) in [6.07, 6.45) is 1.43. The number of amides is 2. The summed E-state index contributed by atoms with van der Waals surface area (Å²) in [5, 5.41) is 4.88. The van der Waals surface area contributed by atoms with Gasteiger partial charge in [0.25, 0.3) is 11.8 Å². The Morgan fingerprint density at radius 2 is 1.67 bits per heavy atom. The van der Waals surface area contributed by atoms with Gasteiger partial charge in [-0.2, -0.15) is 8.78 Å². The Morgan fingerprint density at radius 1 is 0.939 bits per heavy atom. The van der Waals surface area contributed by atoms with Crippen LogP contribution in [0, 0.1) is 0 Å². The number of carbonyl (C=O) groups is 3. The number of halogens is 2. The average Bonchev–Trinajstić information content (AvgIpc) is 3.34. The molecule has 2 N–H and O–H groups in total. The smallest absolute Gasteiger partial charge is 0.387 e. The third kappa shape index (κ3) is 7.17. The summed E-state index contributed by atoms with van der Waals surface area (Å²) in [6.45, 7) is -3.78. The molecular weight excluding hydrogens is 438 g/mol. The van der Waals surface area contributed by atoms with Crippen molar-refractivity contribution in [2.24, 2.45) is 0 Å². The van der Waals surface area contributed by atoms with Crippen LogP contribution in [0.2, 0.25) is 0 Å². The second-order valence-corrected chi connectivity index (χ2v) is 6.72. The van der Waals surface area contributed by atoms with Crippen molar-refractivity contribution in [3.63, 3.8) is 0 Å². The van der Waals surface area contributed by atoms with Crippen molar-refractivity contribution in [3.05, 3.63) is 84.3 Å². The standard InChI is InChI=1S/C23H20F2N2O6/c24-23(25)33-18-10-5-4-9-16(18)26-20(28)14-32-22(30)17(13-15-7-2-1-3-8-15)27-21(29)19-11-6-12-31-19/h1-12,17,23H,13-14H2,(H,26,28)(H,27,29). The van der Waals surface area contributed by atoms with Gasteiger partial charge in [0.05, 0.1) is 12.0 Å². The highest BCUT2D eigenvalue weighted by atomic mass is 19.3. The molecule has 3 aromatic rings. The van der Waals surface area contributed by atoms with Gasteiger partial charge in [0, 0.05) is 6.42 Å². The molecule has 33 heavy (non-hydrogen) atoms. The zero-order chi connectivity index (χ0) is 23.6. The molecule has 1 aromatic heterocycles. The lowest BCUT2D eigenvalue weighted by atomic mass is 10.1. The number of furan rings is 1. The molecule has 0 fully saturated rings. The zero-order valence-electron chi connectivity index (χ0n) is 17.2. The molecule has 3 rings (SSSR count). The van der Waals surface area contributed by atoms with E-state index in [1.54, 1.807) is 30.3 Å². The highest BCUT2D eigenvalue weighted by molar-refractivity contribution is 5.96. The van der Waals surface area contributed by atoms with Gasteiger partial charge in [0.2, 0.25) is 0 Å². The Kier molecular flexibility index (Phi) is 8.12. The number of carbonyl (C=O) groups excluding carboxylic acids is 3. The Morgan fingerprint density at radius 3 is 2.36 bits per heavy atom. The molecule has 0 saturated heterocycles. The number of nitrogens with one attached hydrogen (secondary N) is 2. The van der Waals surface area contributed by atoms with Crippen LogP contribution in [0.3, 0.4) is 0 Å². The van der Waals surface area contributed by atoms with Gasteiger partial charge in [-0.15, -0.1) is 0 Å². The normalized spacial score (nSPS) is 11.5. The molecular formula is C23H20F2N2O6. The monoisotopic (exact) mass is 458 g/mol. The molecule has 8 nitrogen and oxygen atoms in total. The molecule has 1 unspecified atom stereocenters. The summed E-state index contributed by atoms with van der Waals surface area (Å²) in [7, 11) is 0. The summed E-state index contributed by atoms with van der Waals surface area (Å²) >= 11 is 0. The van der Waals surface area contributed by atoms with Crippen LogP contribution in [0.25, 0.3) is 0 Å². The Hall–Kier alpha value is -4.21. The number of anilines is 1. The zero-order valence-corrected chi connectivity index (χ0v) is 17.2. The molecule has 0 saturated carbocycles. The first-order chi connectivity index (χ1) is 15.9. The molecule has 10 heteroatoms. The van der Waals surface area contributed by atoms with E-state index in [1.165, 1.54) is 42.7 Å². The molecule has 1 heterocycles. The van der Waals surface area contributed by atoms with Crippen LogP contribution in [0.5, 0.6) is 5.75 Å². The van der Waals surface area contributed by atoms with E-state index in [0.717, 1.165) is 5.56 Å². The third-order valence-electron chi connectivity index (χ3n) is 4.34. The summed E-state index contributed by atoms with van der Waals surface area (Å²) in [6, 6.07) is 16.3. The number of hydrogen-bond acceptors (Lipinski definition) is 6. The van der Waals surface area contributed by atoms with Gasteiger partial charge in [-0.1, -0.05) is 42.5 Å². The van der Waals surface area contributed by atoms with Gasteiger partial charge < -0.3 is 24.5 Å². The molecule has 0 aliphatic carbocycles. The quantitative estimate of drug-likeness (QED) is 0.451. The molecule has 0 bridgehead atoms. The van der Waals surface area contributed by atoms with Crippen molar-refractivity contribution in [2.75, 3.05) is 11.9 Å². The second kappa shape index (κ2) is 11.4.